The number of para-hydroxylation sites is 1. The van der Waals surface area contributed by atoms with Crippen LogP contribution in [0.4, 0.5) is 0 Å². The van der Waals surface area contributed by atoms with Gasteiger partial charge in [-0.25, -0.2) is 4.79 Å². The number of aryl methyl sites for hydroxylation is 3. The average molecular weight is 422 g/mol. The fraction of sp³-hybridized carbons (Fsp3) is 0.250. The Morgan fingerprint density at radius 2 is 1.97 bits per heavy atom. The molecule has 0 fully saturated rings. The normalized spacial score (nSPS) is 11.3. The molecule has 0 aliphatic heterocycles. The molecule has 3 nitrogen and oxygen atoms in total. The van der Waals surface area contributed by atoms with Gasteiger partial charge in [0.05, 0.1) is 0 Å². The number of thioether (sulfide) groups is 1. The van der Waals surface area contributed by atoms with Gasteiger partial charge in [-0.2, -0.15) is 0 Å². The van der Waals surface area contributed by atoms with Crippen molar-refractivity contribution in [3.63, 3.8) is 0 Å². The van der Waals surface area contributed by atoms with Crippen molar-refractivity contribution < 1.29 is 4.42 Å². The number of thiocarbonyl (C=S) groups is 1. The molecule has 0 atom stereocenters. The lowest BCUT2D eigenvalue weighted by molar-refractivity contribution is 0.551. The molecule has 2 aromatic heterocycles. The fourth-order valence-electron chi connectivity index (χ4n) is 3.54. The van der Waals surface area contributed by atoms with Crippen molar-refractivity contribution in [1.29, 1.82) is 0 Å². The Morgan fingerprint density at radius 3 is 2.86 bits per heavy atom. The van der Waals surface area contributed by atoms with Gasteiger partial charge >= 0.3 is 5.63 Å². The second-order valence-electron chi connectivity index (χ2n) is 7.28. The predicted molar refractivity (Wildman–Crippen MR) is 127 cm³/mol. The number of nitrogens with one attached hydrogen (secondary N) is 1. The van der Waals surface area contributed by atoms with Gasteiger partial charge in [0.25, 0.3) is 0 Å². The number of hydrogen-bond donors (Lipinski definition) is 1. The van der Waals surface area contributed by atoms with Gasteiger partial charge in [-0.05, 0) is 61.9 Å². The van der Waals surface area contributed by atoms with E-state index in [-0.39, 0.29) is 5.63 Å². The highest BCUT2D eigenvalue weighted by atomic mass is 32.2. The summed E-state index contributed by atoms with van der Waals surface area (Å²) in [5.74, 6) is 0.800. The minimum atomic E-state index is -0.242. The summed E-state index contributed by atoms with van der Waals surface area (Å²) in [6.45, 7) is 1.99. The number of H-pyrrole nitrogens is 1. The van der Waals surface area contributed by atoms with Crippen LogP contribution in [0, 0.1) is 6.92 Å². The molecular weight excluding hydrogens is 398 g/mol. The third-order valence-electron chi connectivity index (χ3n) is 5.10. The van der Waals surface area contributed by atoms with E-state index in [4.69, 9.17) is 16.6 Å². The van der Waals surface area contributed by atoms with E-state index in [1.165, 1.54) is 16.5 Å². The van der Waals surface area contributed by atoms with Crippen LogP contribution in [0.15, 0.2) is 63.9 Å². The van der Waals surface area contributed by atoms with Crippen molar-refractivity contribution in [1.82, 2.24) is 4.98 Å². The Morgan fingerprint density at radius 1 is 1.10 bits per heavy atom. The second kappa shape index (κ2) is 8.97. The lowest BCUT2D eigenvalue weighted by Crippen LogP contribution is -2.08. The number of rotatable bonds is 7. The highest BCUT2D eigenvalue weighted by molar-refractivity contribution is 8.23. The second-order valence-corrected chi connectivity index (χ2v) is 9.22. The van der Waals surface area contributed by atoms with Crippen LogP contribution in [-0.4, -0.2) is 14.9 Å². The first kappa shape index (κ1) is 19.9. The quantitative estimate of drug-likeness (QED) is 0.285. The molecule has 0 bridgehead atoms. The van der Waals surface area contributed by atoms with Gasteiger partial charge in [-0.15, -0.1) is 11.8 Å². The Bertz CT molecular complexity index is 1220. The summed E-state index contributed by atoms with van der Waals surface area (Å²) in [6, 6.07) is 16.3. The summed E-state index contributed by atoms with van der Waals surface area (Å²) in [7, 11) is 0. The monoisotopic (exact) mass is 421 g/mol. The van der Waals surface area contributed by atoms with Gasteiger partial charge in [-0.1, -0.05) is 42.5 Å². The van der Waals surface area contributed by atoms with Crippen LogP contribution in [0.2, 0.25) is 0 Å². The lowest BCUT2D eigenvalue weighted by Gasteiger charge is -2.05. The van der Waals surface area contributed by atoms with Gasteiger partial charge in [0, 0.05) is 38.0 Å². The van der Waals surface area contributed by atoms with Gasteiger partial charge in [0.2, 0.25) is 0 Å². The van der Waals surface area contributed by atoms with Crippen LogP contribution in [0.5, 0.6) is 0 Å². The van der Waals surface area contributed by atoms with Crippen LogP contribution in [0.25, 0.3) is 21.9 Å². The Hall–Kier alpha value is -2.37. The third-order valence-corrected chi connectivity index (χ3v) is 6.59. The summed E-state index contributed by atoms with van der Waals surface area (Å²) in [5, 5.41) is 2.26. The Balaban J connectivity index is 1.27. The predicted octanol–water partition coefficient (Wildman–Crippen LogP) is 6.21. The minimum absolute atomic E-state index is 0.242. The van der Waals surface area contributed by atoms with E-state index in [0.29, 0.717) is 12.0 Å². The molecule has 0 amide bonds. The first-order chi connectivity index (χ1) is 14.1. The largest absolute Gasteiger partial charge is 0.423 e. The van der Waals surface area contributed by atoms with E-state index in [9.17, 15) is 4.79 Å². The van der Waals surface area contributed by atoms with Crippen LogP contribution >= 0.6 is 24.0 Å². The highest BCUT2D eigenvalue weighted by Gasteiger charge is 2.08. The van der Waals surface area contributed by atoms with Crippen LogP contribution in [0.3, 0.4) is 0 Å². The van der Waals surface area contributed by atoms with Crippen molar-refractivity contribution in [3.05, 3.63) is 81.8 Å². The summed E-state index contributed by atoms with van der Waals surface area (Å²) in [5.41, 5.74) is 4.74. The Kier molecular flexibility index (Phi) is 6.16. The minimum Gasteiger partial charge on any atom is -0.423 e. The zero-order chi connectivity index (χ0) is 20.2. The number of benzene rings is 2. The third kappa shape index (κ3) is 4.80. The van der Waals surface area contributed by atoms with Gasteiger partial charge in [0.15, 0.2) is 0 Å². The maximum atomic E-state index is 12.2. The highest BCUT2D eigenvalue weighted by Crippen LogP contribution is 2.21. The van der Waals surface area contributed by atoms with Crippen molar-refractivity contribution in [2.75, 3.05) is 5.75 Å². The topological polar surface area (TPSA) is 46.0 Å². The molecule has 5 heteroatoms. The molecule has 0 spiro atoms. The zero-order valence-electron chi connectivity index (χ0n) is 16.4. The van der Waals surface area contributed by atoms with E-state index in [1.54, 1.807) is 11.8 Å². The standard InChI is InChI=1S/C24H23NO2S2/c1-16-9-10-17-14-18(24(26)27-22(17)13-16)11-12-29-23(28)8-4-5-19-15-25-21-7-3-2-6-20(19)21/h2-3,6-7,9-10,13-15,25H,4-5,8,11-12H2,1H3. The van der Waals surface area contributed by atoms with E-state index in [0.717, 1.165) is 45.7 Å². The number of hydrogen-bond acceptors (Lipinski definition) is 4. The number of aromatic nitrogens is 1. The van der Waals surface area contributed by atoms with Crippen molar-refractivity contribution in [3.8, 4) is 0 Å². The van der Waals surface area contributed by atoms with E-state index >= 15 is 0 Å². The zero-order valence-corrected chi connectivity index (χ0v) is 18.0. The molecule has 0 saturated heterocycles. The molecular formula is C24H23NO2S2. The van der Waals surface area contributed by atoms with Crippen molar-refractivity contribution in [2.24, 2.45) is 0 Å². The van der Waals surface area contributed by atoms with Gasteiger partial charge in [-0.3, -0.25) is 0 Å². The SMILES string of the molecule is Cc1ccc2cc(CCSC(=S)CCCc3c[nH]c4ccccc34)c(=O)oc2c1. The molecule has 1 N–H and O–H groups in total. The smallest absolute Gasteiger partial charge is 0.339 e. The van der Waals surface area contributed by atoms with Crippen LogP contribution in [0.1, 0.15) is 29.5 Å². The van der Waals surface area contributed by atoms with Gasteiger partial charge in [0.1, 0.15) is 5.58 Å². The molecule has 4 rings (SSSR count). The fourth-order valence-corrected chi connectivity index (χ4v) is 4.78. The first-order valence-corrected chi connectivity index (χ1v) is 11.2. The van der Waals surface area contributed by atoms with E-state index in [2.05, 4.69) is 29.4 Å². The molecule has 0 aliphatic rings. The summed E-state index contributed by atoms with van der Waals surface area (Å²) in [6.07, 6.45) is 5.72. The van der Waals surface area contributed by atoms with Crippen molar-refractivity contribution in [2.45, 2.75) is 32.6 Å². The first-order valence-electron chi connectivity index (χ1n) is 9.84. The van der Waals surface area contributed by atoms with E-state index in [1.807, 2.05) is 37.3 Å². The maximum absolute atomic E-state index is 12.2. The molecule has 0 saturated carbocycles. The van der Waals surface area contributed by atoms with E-state index < -0.39 is 0 Å². The maximum Gasteiger partial charge on any atom is 0.339 e. The lowest BCUT2D eigenvalue weighted by atomic mass is 10.1. The van der Waals surface area contributed by atoms with Crippen LogP contribution < -0.4 is 5.63 Å². The molecule has 0 radical (unpaired) electrons. The van der Waals surface area contributed by atoms with Crippen molar-refractivity contribution >= 4 is 50.0 Å². The summed E-state index contributed by atoms with van der Waals surface area (Å²) < 4.78 is 6.48. The Labute approximate surface area is 179 Å². The van der Waals surface area contributed by atoms with Crippen LogP contribution in [-0.2, 0) is 12.8 Å². The molecule has 0 unspecified atom stereocenters. The average Bonchev–Trinajstić information content (AvgIpc) is 3.12. The molecule has 4 aromatic rings. The summed E-state index contributed by atoms with van der Waals surface area (Å²) in [4.78, 5) is 15.5. The molecule has 2 heterocycles. The molecule has 2 aromatic carbocycles. The molecule has 148 valence electrons. The number of fused-ring (bicyclic) bond motifs is 2. The number of aromatic amines is 1. The van der Waals surface area contributed by atoms with Gasteiger partial charge < -0.3 is 9.40 Å². The molecule has 0 aliphatic carbocycles. The molecule has 29 heavy (non-hydrogen) atoms. The summed E-state index contributed by atoms with van der Waals surface area (Å²) >= 11 is 7.21.